The average molecular weight is 347 g/mol. The molecule has 2 aromatic heterocycles. The molecule has 0 aliphatic carbocycles. The molecule has 0 unspecified atom stereocenters. The largest absolute Gasteiger partial charge is 0.493 e. The van der Waals surface area contributed by atoms with Gasteiger partial charge in [-0.3, -0.25) is 15.1 Å². The van der Waals surface area contributed by atoms with Gasteiger partial charge in [0.2, 0.25) is 0 Å². The standard InChI is InChI=1S/C15H13N3O3S2/c1-20-11-4-3-9(5-12(11)21-2)10-7-22-15(17-10)18-14(19)13-6-16-8-23-13/h3-8H,1-2H3,(H,17,18,19). The van der Waals surface area contributed by atoms with Crippen molar-refractivity contribution in [2.45, 2.75) is 0 Å². The molecule has 0 saturated heterocycles. The second kappa shape index (κ2) is 6.76. The van der Waals surface area contributed by atoms with Crippen LogP contribution in [0.4, 0.5) is 5.13 Å². The summed E-state index contributed by atoms with van der Waals surface area (Å²) < 4.78 is 10.5. The van der Waals surface area contributed by atoms with E-state index in [0.29, 0.717) is 21.5 Å². The third kappa shape index (κ3) is 3.33. The van der Waals surface area contributed by atoms with Crippen LogP contribution in [-0.2, 0) is 0 Å². The third-order valence-corrected chi connectivity index (χ3v) is 4.59. The van der Waals surface area contributed by atoms with Gasteiger partial charge in [0.25, 0.3) is 5.91 Å². The third-order valence-electron chi connectivity index (χ3n) is 3.06. The number of carbonyl (C=O) groups is 1. The van der Waals surface area contributed by atoms with Gasteiger partial charge in [-0.25, -0.2) is 4.98 Å². The topological polar surface area (TPSA) is 73.3 Å². The Hall–Kier alpha value is -2.45. The van der Waals surface area contributed by atoms with Crippen LogP contribution in [-0.4, -0.2) is 30.1 Å². The lowest BCUT2D eigenvalue weighted by molar-refractivity contribution is 0.103. The highest BCUT2D eigenvalue weighted by Crippen LogP contribution is 2.33. The van der Waals surface area contributed by atoms with Gasteiger partial charge in [-0.05, 0) is 18.2 Å². The maximum atomic E-state index is 12.0. The van der Waals surface area contributed by atoms with E-state index in [9.17, 15) is 4.79 Å². The molecule has 0 atom stereocenters. The summed E-state index contributed by atoms with van der Waals surface area (Å²) in [7, 11) is 3.18. The van der Waals surface area contributed by atoms with Crippen LogP contribution < -0.4 is 14.8 Å². The second-order valence-corrected chi connectivity index (χ2v) is 6.17. The first-order valence-electron chi connectivity index (χ1n) is 6.59. The van der Waals surface area contributed by atoms with Crippen molar-refractivity contribution < 1.29 is 14.3 Å². The van der Waals surface area contributed by atoms with Gasteiger partial charge in [0.05, 0.1) is 31.6 Å². The molecule has 0 spiro atoms. The minimum atomic E-state index is -0.208. The summed E-state index contributed by atoms with van der Waals surface area (Å²) in [6.07, 6.45) is 1.53. The molecule has 1 aromatic carbocycles. The number of hydrogen-bond donors (Lipinski definition) is 1. The van der Waals surface area contributed by atoms with Crippen LogP contribution in [0.3, 0.4) is 0 Å². The molecule has 1 amide bonds. The maximum Gasteiger partial charge on any atom is 0.269 e. The molecule has 0 saturated carbocycles. The SMILES string of the molecule is COc1ccc(-c2csc(NC(=O)c3cncs3)n2)cc1OC. The molecule has 0 bridgehead atoms. The molecule has 118 valence electrons. The van der Waals surface area contributed by atoms with E-state index in [1.54, 1.807) is 19.7 Å². The number of anilines is 1. The quantitative estimate of drug-likeness (QED) is 0.764. The van der Waals surface area contributed by atoms with E-state index in [2.05, 4.69) is 15.3 Å². The first-order valence-corrected chi connectivity index (χ1v) is 8.35. The van der Waals surface area contributed by atoms with Crippen molar-refractivity contribution >= 4 is 33.7 Å². The van der Waals surface area contributed by atoms with Crippen LogP contribution in [0.2, 0.25) is 0 Å². The molecule has 2 heterocycles. The lowest BCUT2D eigenvalue weighted by Crippen LogP contribution is -2.09. The number of carbonyl (C=O) groups excluding carboxylic acids is 1. The Balaban J connectivity index is 1.80. The minimum Gasteiger partial charge on any atom is -0.493 e. The smallest absolute Gasteiger partial charge is 0.269 e. The van der Waals surface area contributed by atoms with Crippen LogP contribution >= 0.6 is 22.7 Å². The van der Waals surface area contributed by atoms with Crippen LogP contribution in [0, 0.1) is 0 Å². The van der Waals surface area contributed by atoms with Crippen molar-refractivity contribution in [3.63, 3.8) is 0 Å². The first-order chi connectivity index (χ1) is 11.2. The Labute approximate surface area is 140 Å². The Morgan fingerprint density at radius 3 is 2.70 bits per heavy atom. The van der Waals surface area contributed by atoms with E-state index >= 15 is 0 Å². The van der Waals surface area contributed by atoms with Crippen molar-refractivity contribution in [1.29, 1.82) is 0 Å². The number of ether oxygens (including phenoxy) is 2. The summed E-state index contributed by atoms with van der Waals surface area (Å²) in [6.45, 7) is 0. The van der Waals surface area contributed by atoms with Gasteiger partial charge in [0.15, 0.2) is 16.6 Å². The second-order valence-electron chi connectivity index (χ2n) is 4.43. The fraction of sp³-hybridized carbons (Fsp3) is 0.133. The number of thiazole rings is 2. The van der Waals surface area contributed by atoms with Gasteiger partial charge in [-0.15, -0.1) is 22.7 Å². The number of nitrogens with zero attached hydrogens (tertiary/aromatic N) is 2. The van der Waals surface area contributed by atoms with Gasteiger partial charge < -0.3 is 9.47 Å². The zero-order valence-corrected chi connectivity index (χ0v) is 14.0. The molecule has 0 fully saturated rings. The van der Waals surface area contributed by atoms with Crippen molar-refractivity contribution in [1.82, 2.24) is 9.97 Å². The fourth-order valence-corrected chi connectivity index (χ4v) is 3.18. The number of hydrogen-bond acceptors (Lipinski definition) is 7. The maximum absolute atomic E-state index is 12.0. The molecule has 0 radical (unpaired) electrons. The van der Waals surface area contributed by atoms with Crippen LogP contribution in [0.1, 0.15) is 9.67 Å². The number of nitrogens with one attached hydrogen (secondary N) is 1. The molecule has 8 heteroatoms. The van der Waals surface area contributed by atoms with Crippen LogP contribution in [0.15, 0.2) is 35.3 Å². The summed E-state index contributed by atoms with van der Waals surface area (Å²) >= 11 is 2.65. The first kappa shape index (κ1) is 15.4. The summed E-state index contributed by atoms with van der Waals surface area (Å²) in [4.78, 5) is 20.9. The monoisotopic (exact) mass is 347 g/mol. The lowest BCUT2D eigenvalue weighted by atomic mass is 10.1. The van der Waals surface area contributed by atoms with Crippen molar-refractivity contribution in [2.75, 3.05) is 19.5 Å². The Bertz CT molecular complexity index is 815. The zero-order chi connectivity index (χ0) is 16.2. The van der Waals surface area contributed by atoms with E-state index < -0.39 is 0 Å². The summed E-state index contributed by atoms with van der Waals surface area (Å²) in [6, 6.07) is 5.57. The Kier molecular flexibility index (Phi) is 4.54. The predicted molar refractivity (Wildman–Crippen MR) is 90.7 cm³/mol. The molecule has 6 nitrogen and oxygen atoms in total. The zero-order valence-electron chi connectivity index (χ0n) is 12.4. The van der Waals surface area contributed by atoms with Gasteiger partial charge in [-0.1, -0.05) is 0 Å². The summed E-state index contributed by atoms with van der Waals surface area (Å²) in [5, 5.41) is 5.18. The molecule has 3 rings (SSSR count). The molecular weight excluding hydrogens is 334 g/mol. The molecule has 1 N–H and O–H groups in total. The van der Waals surface area contributed by atoms with Crippen molar-refractivity contribution in [3.8, 4) is 22.8 Å². The average Bonchev–Trinajstić information content (AvgIpc) is 3.25. The van der Waals surface area contributed by atoms with E-state index in [0.717, 1.165) is 11.3 Å². The lowest BCUT2D eigenvalue weighted by Gasteiger charge is -2.08. The number of amides is 1. The van der Waals surface area contributed by atoms with Crippen LogP contribution in [0.25, 0.3) is 11.3 Å². The normalized spacial score (nSPS) is 10.3. The van der Waals surface area contributed by atoms with Crippen LogP contribution in [0.5, 0.6) is 11.5 Å². The minimum absolute atomic E-state index is 0.208. The molecular formula is C15H13N3O3S2. The molecule has 0 aliphatic rings. The van der Waals surface area contributed by atoms with Crippen molar-refractivity contribution in [3.05, 3.63) is 40.2 Å². The molecule has 3 aromatic rings. The van der Waals surface area contributed by atoms with Gasteiger partial charge in [0.1, 0.15) is 4.88 Å². The highest BCUT2D eigenvalue weighted by Gasteiger charge is 2.12. The summed E-state index contributed by atoms with van der Waals surface area (Å²) in [5.74, 6) is 1.08. The van der Waals surface area contributed by atoms with Gasteiger partial charge in [0, 0.05) is 10.9 Å². The highest BCUT2D eigenvalue weighted by atomic mass is 32.1. The highest BCUT2D eigenvalue weighted by molar-refractivity contribution is 7.14. The molecule has 23 heavy (non-hydrogen) atoms. The van der Waals surface area contributed by atoms with Gasteiger partial charge >= 0.3 is 0 Å². The van der Waals surface area contributed by atoms with Crippen molar-refractivity contribution in [2.24, 2.45) is 0 Å². The van der Waals surface area contributed by atoms with Gasteiger partial charge in [-0.2, -0.15) is 0 Å². The van der Waals surface area contributed by atoms with E-state index in [1.165, 1.54) is 28.9 Å². The number of methoxy groups -OCH3 is 2. The molecule has 0 aliphatic heterocycles. The van der Waals surface area contributed by atoms with E-state index in [1.807, 2.05) is 23.6 Å². The number of benzene rings is 1. The Morgan fingerprint density at radius 1 is 1.17 bits per heavy atom. The van der Waals surface area contributed by atoms with E-state index in [4.69, 9.17) is 9.47 Å². The number of aromatic nitrogens is 2. The summed E-state index contributed by atoms with van der Waals surface area (Å²) in [5.41, 5.74) is 3.26. The number of rotatable bonds is 5. The van der Waals surface area contributed by atoms with E-state index in [-0.39, 0.29) is 5.91 Å². The predicted octanol–water partition coefficient (Wildman–Crippen LogP) is 3.54. The fourth-order valence-electron chi connectivity index (χ4n) is 1.95. The Morgan fingerprint density at radius 2 is 2.00 bits per heavy atom.